The van der Waals surface area contributed by atoms with Crippen LogP contribution in [0.25, 0.3) is 0 Å². The molecule has 1 heterocycles. The lowest BCUT2D eigenvalue weighted by Gasteiger charge is -2.36. The number of nitrogens with zero attached hydrogens (tertiary/aromatic N) is 1. The average Bonchev–Trinajstić information content (AvgIpc) is 3.06. The molecule has 1 aliphatic rings. The smallest absolute Gasteiger partial charge is 0.330 e. The molecule has 0 saturated carbocycles. The number of carbonyl (C=O) groups excluding carboxylic acids is 1. The van der Waals surface area contributed by atoms with Gasteiger partial charge in [-0.3, -0.25) is 4.90 Å². The molecular formula is C20H29NO4S. The van der Waals surface area contributed by atoms with Crippen LogP contribution >= 0.6 is 0 Å². The lowest BCUT2D eigenvalue weighted by molar-refractivity contribution is -0.165. The minimum absolute atomic E-state index is 0.215. The third-order valence-electron chi connectivity index (χ3n) is 4.50. The van der Waals surface area contributed by atoms with Gasteiger partial charge in [0.1, 0.15) is 11.1 Å². The highest BCUT2D eigenvalue weighted by atomic mass is 32.2. The number of esters is 1. The summed E-state index contributed by atoms with van der Waals surface area (Å²) in [4.78, 5) is 15.1. The number of benzene rings is 1. The van der Waals surface area contributed by atoms with Crippen molar-refractivity contribution in [1.29, 1.82) is 0 Å². The van der Waals surface area contributed by atoms with Crippen molar-refractivity contribution in [2.75, 3.05) is 13.1 Å². The highest BCUT2D eigenvalue weighted by Crippen LogP contribution is 2.27. The number of aryl methyl sites for hydroxylation is 1. The monoisotopic (exact) mass is 379 g/mol. The molecule has 1 fully saturated rings. The first-order valence-corrected chi connectivity index (χ1v) is 10.5. The Hall–Kier alpha value is -1.66. The van der Waals surface area contributed by atoms with Crippen LogP contribution in [0.1, 0.15) is 46.1 Å². The molecule has 0 spiro atoms. The molecule has 144 valence electrons. The summed E-state index contributed by atoms with van der Waals surface area (Å²) in [6, 6.07) is 6.67. The van der Waals surface area contributed by atoms with E-state index in [9.17, 15) is 13.2 Å². The Balaban J connectivity index is 2.35. The number of carbonyl (C=O) groups is 1. The van der Waals surface area contributed by atoms with Gasteiger partial charge in [-0.05, 0) is 78.8 Å². The van der Waals surface area contributed by atoms with Crippen LogP contribution in [-0.2, 0) is 19.4 Å². The number of ether oxygens (including phenoxy) is 1. The molecule has 1 aliphatic heterocycles. The van der Waals surface area contributed by atoms with E-state index >= 15 is 0 Å². The molecule has 1 atom stereocenters. The van der Waals surface area contributed by atoms with Gasteiger partial charge in [0, 0.05) is 5.41 Å². The van der Waals surface area contributed by atoms with Crippen molar-refractivity contribution in [2.24, 2.45) is 0 Å². The first-order valence-electron chi connectivity index (χ1n) is 8.93. The van der Waals surface area contributed by atoms with Crippen LogP contribution in [-0.4, -0.2) is 43.5 Å². The van der Waals surface area contributed by atoms with Crippen LogP contribution in [0.2, 0.25) is 0 Å². The summed E-state index contributed by atoms with van der Waals surface area (Å²) in [7, 11) is -3.63. The van der Waals surface area contributed by atoms with Gasteiger partial charge in [-0.1, -0.05) is 17.7 Å². The molecule has 0 aliphatic carbocycles. The maximum atomic E-state index is 12.9. The summed E-state index contributed by atoms with van der Waals surface area (Å²) >= 11 is 0. The molecule has 26 heavy (non-hydrogen) atoms. The van der Waals surface area contributed by atoms with Gasteiger partial charge >= 0.3 is 5.97 Å². The number of hydrogen-bond acceptors (Lipinski definition) is 5. The van der Waals surface area contributed by atoms with E-state index in [0.717, 1.165) is 36.9 Å². The largest absolute Gasteiger partial charge is 0.458 e. The first kappa shape index (κ1) is 20.6. The Morgan fingerprint density at radius 3 is 2.12 bits per heavy atom. The van der Waals surface area contributed by atoms with Gasteiger partial charge in [0.25, 0.3) is 0 Å². The van der Waals surface area contributed by atoms with Crippen molar-refractivity contribution in [3.63, 3.8) is 0 Å². The summed E-state index contributed by atoms with van der Waals surface area (Å²) in [6.07, 6.45) is 3.44. The summed E-state index contributed by atoms with van der Waals surface area (Å²) in [6.45, 7) is 10.5. The highest BCUT2D eigenvalue weighted by Gasteiger charge is 2.42. The summed E-state index contributed by atoms with van der Waals surface area (Å²) in [5, 5.41) is 1.14. The molecule has 5 nitrogen and oxygen atoms in total. The quantitative estimate of drug-likeness (QED) is 0.733. The molecule has 0 bridgehead atoms. The van der Waals surface area contributed by atoms with Gasteiger partial charge in [0.2, 0.25) is 0 Å². The second-order valence-electron chi connectivity index (χ2n) is 8.00. The topological polar surface area (TPSA) is 63.7 Å². The van der Waals surface area contributed by atoms with Gasteiger partial charge in [-0.2, -0.15) is 0 Å². The molecule has 0 unspecified atom stereocenters. The van der Waals surface area contributed by atoms with Gasteiger partial charge in [0.15, 0.2) is 9.84 Å². The fraction of sp³-hybridized carbons (Fsp3) is 0.550. The minimum Gasteiger partial charge on any atom is -0.458 e. The maximum absolute atomic E-state index is 12.9. The van der Waals surface area contributed by atoms with E-state index < -0.39 is 26.9 Å². The summed E-state index contributed by atoms with van der Waals surface area (Å²) in [5.74, 6) is -0.428. The van der Waals surface area contributed by atoms with E-state index in [1.807, 2.05) is 32.6 Å². The molecule has 1 aromatic carbocycles. The standard InChI is InChI=1S/C20H29NO4S/c1-16-8-10-17(11-9-16)26(23,24)15-12-20(5,21-13-6-7-14-21)18(22)25-19(2,3)4/h8-12,15H,6-7,13-14H2,1-5H3/b15-12+/t20-/m0/s1. The number of hydrogen-bond donors (Lipinski definition) is 0. The lowest BCUT2D eigenvalue weighted by atomic mass is 10.00. The lowest BCUT2D eigenvalue weighted by Crippen LogP contribution is -2.52. The van der Waals surface area contributed by atoms with Crippen LogP contribution in [0.15, 0.2) is 40.6 Å². The molecule has 0 N–H and O–H groups in total. The third kappa shape index (κ3) is 4.95. The van der Waals surface area contributed by atoms with Crippen molar-refractivity contribution in [1.82, 2.24) is 4.90 Å². The van der Waals surface area contributed by atoms with Crippen LogP contribution < -0.4 is 0 Å². The maximum Gasteiger partial charge on any atom is 0.330 e. The zero-order valence-corrected chi connectivity index (χ0v) is 17.1. The van der Waals surface area contributed by atoms with E-state index in [2.05, 4.69) is 0 Å². The predicted octanol–water partition coefficient (Wildman–Crippen LogP) is 3.48. The molecule has 0 aromatic heterocycles. The average molecular weight is 380 g/mol. The van der Waals surface area contributed by atoms with Crippen LogP contribution in [0.3, 0.4) is 0 Å². The molecule has 0 radical (unpaired) electrons. The van der Waals surface area contributed by atoms with Crippen LogP contribution in [0.4, 0.5) is 0 Å². The number of likely N-dealkylation sites (tertiary alicyclic amines) is 1. The van der Waals surface area contributed by atoms with E-state index in [-0.39, 0.29) is 4.90 Å². The van der Waals surface area contributed by atoms with Crippen molar-refractivity contribution in [3.8, 4) is 0 Å². The number of sulfone groups is 1. The predicted molar refractivity (Wildman–Crippen MR) is 103 cm³/mol. The van der Waals surface area contributed by atoms with Crippen LogP contribution in [0.5, 0.6) is 0 Å². The first-order chi connectivity index (χ1) is 11.9. The third-order valence-corrected chi connectivity index (χ3v) is 5.92. The summed E-state index contributed by atoms with van der Waals surface area (Å²) < 4.78 is 30.9. The molecule has 0 amide bonds. The van der Waals surface area contributed by atoms with Crippen molar-refractivity contribution >= 4 is 15.8 Å². The molecule has 6 heteroatoms. The minimum atomic E-state index is -3.63. The molecule has 1 saturated heterocycles. The Bertz CT molecular complexity index is 769. The fourth-order valence-electron chi connectivity index (χ4n) is 2.89. The van der Waals surface area contributed by atoms with Crippen molar-refractivity contribution in [2.45, 2.75) is 63.5 Å². The highest BCUT2D eigenvalue weighted by molar-refractivity contribution is 7.94. The van der Waals surface area contributed by atoms with Gasteiger partial charge in [-0.25, -0.2) is 13.2 Å². The van der Waals surface area contributed by atoms with Crippen LogP contribution in [0, 0.1) is 6.92 Å². The van der Waals surface area contributed by atoms with E-state index in [4.69, 9.17) is 4.74 Å². The van der Waals surface area contributed by atoms with Gasteiger partial charge in [-0.15, -0.1) is 0 Å². The molecule has 1 aromatic rings. The number of rotatable bonds is 5. The molecular weight excluding hydrogens is 350 g/mol. The van der Waals surface area contributed by atoms with Crippen molar-refractivity contribution < 1.29 is 17.9 Å². The summed E-state index contributed by atoms with van der Waals surface area (Å²) in [5.41, 5.74) is -0.757. The van der Waals surface area contributed by atoms with Crippen molar-refractivity contribution in [3.05, 3.63) is 41.3 Å². The van der Waals surface area contributed by atoms with E-state index in [1.54, 1.807) is 31.2 Å². The SMILES string of the molecule is Cc1ccc(S(=O)(=O)/C=C/[C@@](C)(C(=O)OC(C)(C)C)N2CCCC2)cc1. The fourth-order valence-corrected chi connectivity index (χ4v) is 4.01. The van der Waals surface area contributed by atoms with E-state index in [1.165, 1.54) is 6.08 Å². The zero-order valence-electron chi connectivity index (χ0n) is 16.3. The Morgan fingerprint density at radius 1 is 1.08 bits per heavy atom. The second-order valence-corrected chi connectivity index (χ2v) is 9.84. The Kier molecular flexibility index (Phi) is 5.98. The zero-order chi connectivity index (χ0) is 19.6. The molecule has 2 rings (SSSR count). The van der Waals surface area contributed by atoms with E-state index in [0.29, 0.717) is 0 Å². The Labute approximate surface area is 157 Å². The van der Waals surface area contributed by atoms with Gasteiger partial charge in [0.05, 0.1) is 4.90 Å². The Morgan fingerprint density at radius 2 is 1.62 bits per heavy atom. The van der Waals surface area contributed by atoms with Gasteiger partial charge < -0.3 is 4.74 Å². The normalized spacial score (nSPS) is 18.8. The second kappa shape index (κ2) is 7.53.